The van der Waals surface area contributed by atoms with Gasteiger partial charge in [-0.1, -0.05) is 32.0 Å². The minimum absolute atomic E-state index is 0. The van der Waals surface area contributed by atoms with Crippen LogP contribution < -0.4 is 5.73 Å². The molecule has 0 bridgehead atoms. The third-order valence-electron chi connectivity index (χ3n) is 3.66. The van der Waals surface area contributed by atoms with Crippen molar-refractivity contribution in [2.45, 2.75) is 20.3 Å². The number of para-hydroxylation sites is 1. The standard InChI is InChI=1S/C17H24N4O.ClH/c1-17(2,12-18)13-20(3)16(22)9-14-10-19-21(11-14)15-7-5-4-6-8-15;/h4-8,10-11H,9,12-13,18H2,1-3H3;1H. The molecule has 0 fully saturated rings. The van der Waals surface area contributed by atoms with Crippen molar-refractivity contribution < 1.29 is 4.79 Å². The van der Waals surface area contributed by atoms with Gasteiger partial charge in [0, 0.05) is 19.8 Å². The fourth-order valence-electron chi connectivity index (χ4n) is 2.28. The first-order chi connectivity index (χ1) is 10.4. The van der Waals surface area contributed by atoms with Crippen LogP contribution in [-0.4, -0.2) is 40.7 Å². The maximum atomic E-state index is 12.3. The van der Waals surface area contributed by atoms with Crippen LogP contribution in [0.3, 0.4) is 0 Å². The Morgan fingerprint density at radius 3 is 2.57 bits per heavy atom. The average Bonchev–Trinajstić information content (AvgIpc) is 2.96. The van der Waals surface area contributed by atoms with Gasteiger partial charge < -0.3 is 10.6 Å². The molecule has 0 atom stereocenters. The summed E-state index contributed by atoms with van der Waals surface area (Å²) in [4.78, 5) is 14.0. The van der Waals surface area contributed by atoms with Gasteiger partial charge in [0.15, 0.2) is 0 Å². The summed E-state index contributed by atoms with van der Waals surface area (Å²) in [6.45, 7) is 5.32. The van der Waals surface area contributed by atoms with Crippen LogP contribution in [0.2, 0.25) is 0 Å². The molecule has 0 aliphatic heterocycles. The second-order valence-electron chi connectivity index (χ2n) is 6.42. The highest BCUT2D eigenvalue weighted by atomic mass is 35.5. The van der Waals surface area contributed by atoms with Gasteiger partial charge in [-0.3, -0.25) is 4.79 Å². The highest BCUT2D eigenvalue weighted by Gasteiger charge is 2.21. The van der Waals surface area contributed by atoms with Crippen LogP contribution in [-0.2, 0) is 11.2 Å². The maximum Gasteiger partial charge on any atom is 0.226 e. The van der Waals surface area contributed by atoms with Crippen molar-refractivity contribution >= 4 is 18.3 Å². The number of benzene rings is 1. The van der Waals surface area contributed by atoms with Crippen LogP contribution in [0.4, 0.5) is 0 Å². The van der Waals surface area contributed by atoms with Crippen LogP contribution in [0.5, 0.6) is 0 Å². The van der Waals surface area contributed by atoms with Gasteiger partial charge in [0.2, 0.25) is 5.91 Å². The lowest BCUT2D eigenvalue weighted by atomic mass is 9.93. The van der Waals surface area contributed by atoms with E-state index in [-0.39, 0.29) is 23.7 Å². The lowest BCUT2D eigenvalue weighted by Crippen LogP contribution is -2.40. The fourth-order valence-corrected chi connectivity index (χ4v) is 2.28. The molecular weight excluding hydrogens is 312 g/mol. The van der Waals surface area contributed by atoms with Crippen molar-refractivity contribution in [2.24, 2.45) is 11.1 Å². The minimum atomic E-state index is -0.0708. The SMILES string of the molecule is CN(CC(C)(C)CN)C(=O)Cc1cnn(-c2ccccc2)c1.Cl. The summed E-state index contributed by atoms with van der Waals surface area (Å²) < 4.78 is 1.78. The number of nitrogens with zero attached hydrogens (tertiary/aromatic N) is 3. The van der Waals surface area contributed by atoms with Crippen molar-refractivity contribution in [1.82, 2.24) is 14.7 Å². The van der Waals surface area contributed by atoms with E-state index < -0.39 is 0 Å². The van der Waals surface area contributed by atoms with Crippen molar-refractivity contribution in [1.29, 1.82) is 0 Å². The zero-order valence-corrected chi connectivity index (χ0v) is 14.7. The lowest BCUT2D eigenvalue weighted by Gasteiger charge is -2.29. The molecule has 1 heterocycles. The molecule has 2 N–H and O–H groups in total. The van der Waals surface area contributed by atoms with E-state index in [4.69, 9.17) is 5.73 Å². The van der Waals surface area contributed by atoms with Gasteiger partial charge in [-0.25, -0.2) is 4.68 Å². The normalized spacial score (nSPS) is 11.0. The number of aromatic nitrogens is 2. The van der Waals surface area contributed by atoms with Crippen LogP contribution in [0.1, 0.15) is 19.4 Å². The van der Waals surface area contributed by atoms with Crippen LogP contribution >= 0.6 is 12.4 Å². The maximum absolute atomic E-state index is 12.3. The summed E-state index contributed by atoms with van der Waals surface area (Å²) in [6.07, 6.45) is 3.99. The van der Waals surface area contributed by atoms with Gasteiger partial charge in [0.25, 0.3) is 0 Å². The van der Waals surface area contributed by atoms with Gasteiger partial charge >= 0.3 is 0 Å². The predicted octanol–water partition coefficient (Wildman–Crippen LogP) is 2.28. The Bertz CT molecular complexity index is 625. The van der Waals surface area contributed by atoms with Crippen molar-refractivity contribution in [3.8, 4) is 5.69 Å². The van der Waals surface area contributed by atoms with E-state index >= 15 is 0 Å². The zero-order valence-electron chi connectivity index (χ0n) is 13.9. The Morgan fingerprint density at radius 1 is 1.30 bits per heavy atom. The number of hydrogen-bond acceptors (Lipinski definition) is 3. The van der Waals surface area contributed by atoms with E-state index in [1.54, 1.807) is 15.8 Å². The number of carbonyl (C=O) groups excluding carboxylic acids is 1. The molecule has 0 saturated carbocycles. The summed E-state index contributed by atoms with van der Waals surface area (Å²) >= 11 is 0. The molecule has 0 unspecified atom stereocenters. The molecule has 23 heavy (non-hydrogen) atoms. The third kappa shape index (κ3) is 5.37. The molecule has 126 valence electrons. The predicted molar refractivity (Wildman–Crippen MR) is 95.0 cm³/mol. The van der Waals surface area contributed by atoms with Gasteiger partial charge in [-0.15, -0.1) is 12.4 Å². The van der Waals surface area contributed by atoms with Gasteiger partial charge in [-0.05, 0) is 29.7 Å². The van der Waals surface area contributed by atoms with Crippen LogP contribution in [0.25, 0.3) is 5.69 Å². The molecule has 1 amide bonds. The van der Waals surface area contributed by atoms with Crippen molar-refractivity contribution in [3.05, 3.63) is 48.3 Å². The Kier molecular flexibility index (Phi) is 6.79. The monoisotopic (exact) mass is 336 g/mol. The molecular formula is C17H25ClN4O. The highest BCUT2D eigenvalue weighted by molar-refractivity contribution is 5.85. The number of hydrogen-bond donors (Lipinski definition) is 1. The van der Waals surface area contributed by atoms with Crippen LogP contribution in [0, 0.1) is 5.41 Å². The summed E-state index contributed by atoms with van der Waals surface area (Å²) in [7, 11) is 1.82. The quantitative estimate of drug-likeness (QED) is 0.880. The summed E-state index contributed by atoms with van der Waals surface area (Å²) in [5.41, 5.74) is 7.55. The average molecular weight is 337 g/mol. The first-order valence-corrected chi connectivity index (χ1v) is 7.44. The molecule has 1 aromatic heterocycles. The number of rotatable bonds is 6. The fraction of sp³-hybridized carbons (Fsp3) is 0.412. The largest absolute Gasteiger partial charge is 0.345 e. The molecule has 0 spiro atoms. The Labute approximate surface area is 143 Å². The molecule has 2 rings (SSSR count). The zero-order chi connectivity index (χ0) is 16.2. The first kappa shape index (κ1) is 19.2. The van der Waals surface area contributed by atoms with Crippen LogP contribution in [0.15, 0.2) is 42.7 Å². The summed E-state index contributed by atoms with van der Waals surface area (Å²) in [6, 6.07) is 9.85. The number of likely N-dealkylation sites (N-methyl/N-ethyl adjacent to an activating group) is 1. The Morgan fingerprint density at radius 2 is 1.96 bits per heavy atom. The molecule has 0 aliphatic rings. The van der Waals surface area contributed by atoms with E-state index in [1.807, 2.05) is 43.6 Å². The van der Waals surface area contributed by atoms with Crippen molar-refractivity contribution in [2.75, 3.05) is 20.1 Å². The Hall–Kier alpha value is -1.85. The summed E-state index contributed by atoms with van der Waals surface area (Å²) in [5.74, 6) is 0.0779. The topological polar surface area (TPSA) is 64.2 Å². The van der Waals surface area contributed by atoms with Crippen molar-refractivity contribution in [3.63, 3.8) is 0 Å². The Balaban J connectivity index is 0.00000264. The first-order valence-electron chi connectivity index (χ1n) is 7.44. The molecule has 5 nitrogen and oxygen atoms in total. The van der Waals surface area contributed by atoms with Gasteiger partial charge in [-0.2, -0.15) is 5.10 Å². The van der Waals surface area contributed by atoms with Gasteiger partial charge in [0.05, 0.1) is 18.3 Å². The smallest absolute Gasteiger partial charge is 0.226 e. The second-order valence-corrected chi connectivity index (χ2v) is 6.42. The third-order valence-corrected chi connectivity index (χ3v) is 3.66. The second kappa shape index (κ2) is 8.13. The van der Waals surface area contributed by atoms with E-state index in [9.17, 15) is 4.79 Å². The lowest BCUT2D eigenvalue weighted by molar-refractivity contribution is -0.130. The number of amides is 1. The van der Waals surface area contributed by atoms with E-state index in [2.05, 4.69) is 18.9 Å². The summed E-state index contributed by atoms with van der Waals surface area (Å²) in [5, 5.41) is 4.32. The number of carbonyl (C=O) groups is 1. The molecule has 1 aromatic carbocycles. The van der Waals surface area contributed by atoms with Gasteiger partial charge in [0.1, 0.15) is 0 Å². The molecule has 0 aliphatic carbocycles. The molecule has 2 aromatic rings. The van der Waals surface area contributed by atoms with E-state index in [0.29, 0.717) is 19.5 Å². The van der Waals surface area contributed by atoms with E-state index in [0.717, 1.165) is 11.3 Å². The number of nitrogens with two attached hydrogens (primary N) is 1. The highest BCUT2D eigenvalue weighted by Crippen LogP contribution is 2.15. The number of halogens is 1. The molecule has 0 radical (unpaired) electrons. The minimum Gasteiger partial charge on any atom is -0.345 e. The van der Waals surface area contributed by atoms with E-state index in [1.165, 1.54) is 0 Å². The molecule has 0 saturated heterocycles. The molecule has 6 heteroatoms.